The van der Waals surface area contributed by atoms with Gasteiger partial charge < -0.3 is 4.74 Å². The maximum atomic E-state index is 15.1. The van der Waals surface area contributed by atoms with Crippen molar-refractivity contribution in [2.45, 2.75) is 103 Å². The van der Waals surface area contributed by atoms with E-state index >= 15 is 8.78 Å². The van der Waals surface area contributed by atoms with Gasteiger partial charge in [0.25, 0.3) is 0 Å². The maximum Gasteiger partial charge on any atom is 0.166 e. The molecule has 0 amide bonds. The molecular weight excluding hydrogens is 517 g/mol. The SMILES string of the molecule is CCCCCCCCCCc1ccc(-c2ccc(-c3ccc(C4=CCC(OCCC)CC4)c(F)c3)cc2)c(F)c1F. The predicted molar refractivity (Wildman–Crippen MR) is 165 cm³/mol. The lowest BCUT2D eigenvalue weighted by Gasteiger charge is -2.22. The van der Waals surface area contributed by atoms with Crippen LogP contribution in [0.3, 0.4) is 0 Å². The zero-order valence-electron chi connectivity index (χ0n) is 24.8. The van der Waals surface area contributed by atoms with Gasteiger partial charge in [-0.1, -0.05) is 113 Å². The molecular formula is C37H45F3O. The second-order valence-corrected chi connectivity index (χ2v) is 11.4. The van der Waals surface area contributed by atoms with Crippen LogP contribution in [-0.4, -0.2) is 12.7 Å². The second-order valence-electron chi connectivity index (χ2n) is 11.4. The lowest BCUT2D eigenvalue weighted by molar-refractivity contribution is 0.0488. The molecule has 0 saturated carbocycles. The van der Waals surface area contributed by atoms with Gasteiger partial charge in [-0.15, -0.1) is 0 Å². The number of aryl methyl sites for hydroxylation is 1. The summed E-state index contributed by atoms with van der Waals surface area (Å²) in [6.07, 6.45) is 15.8. The van der Waals surface area contributed by atoms with Crippen molar-refractivity contribution >= 4 is 5.57 Å². The van der Waals surface area contributed by atoms with E-state index in [0.29, 0.717) is 23.1 Å². The molecule has 0 fully saturated rings. The zero-order valence-corrected chi connectivity index (χ0v) is 24.8. The van der Waals surface area contributed by atoms with Crippen LogP contribution in [-0.2, 0) is 11.2 Å². The quantitative estimate of drug-likeness (QED) is 0.167. The first-order valence-electron chi connectivity index (χ1n) is 15.7. The Morgan fingerprint density at radius 1 is 0.683 bits per heavy atom. The minimum Gasteiger partial charge on any atom is -0.378 e. The summed E-state index contributed by atoms with van der Waals surface area (Å²) in [6, 6.07) is 16.0. The third kappa shape index (κ3) is 8.58. The fourth-order valence-electron chi connectivity index (χ4n) is 5.74. The zero-order chi connectivity index (χ0) is 29.0. The van der Waals surface area contributed by atoms with Gasteiger partial charge in [0, 0.05) is 17.7 Å². The van der Waals surface area contributed by atoms with Crippen LogP contribution < -0.4 is 0 Å². The van der Waals surface area contributed by atoms with E-state index in [1.165, 1.54) is 32.1 Å². The Bertz CT molecular complexity index is 1280. The number of unbranched alkanes of at least 4 members (excludes halogenated alkanes) is 7. The number of hydrogen-bond acceptors (Lipinski definition) is 1. The van der Waals surface area contributed by atoms with E-state index in [4.69, 9.17) is 4.74 Å². The first-order chi connectivity index (χ1) is 20.0. The summed E-state index contributed by atoms with van der Waals surface area (Å²) >= 11 is 0. The molecule has 4 rings (SSSR count). The van der Waals surface area contributed by atoms with Crippen LogP contribution in [0.15, 0.2) is 60.7 Å². The van der Waals surface area contributed by atoms with E-state index < -0.39 is 11.6 Å². The normalized spacial score (nSPS) is 15.2. The number of allylic oxidation sites excluding steroid dienone is 1. The van der Waals surface area contributed by atoms with Crippen molar-refractivity contribution in [1.29, 1.82) is 0 Å². The molecule has 1 nitrogen and oxygen atoms in total. The summed E-state index contributed by atoms with van der Waals surface area (Å²) in [5.41, 5.74) is 4.56. The van der Waals surface area contributed by atoms with Crippen molar-refractivity contribution in [3.8, 4) is 22.3 Å². The molecule has 41 heavy (non-hydrogen) atoms. The van der Waals surface area contributed by atoms with Crippen LogP contribution in [0, 0.1) is 17.5 Å². The summed E-state index contributed by atoms with van der Waals surface area (Å²) in [4.78, 5) is 0. The minimum absolute atomic E-state index is 0.226. The van der Waals surface area contributed by atoms with Gasteiger partial charge in [-0.25, -0.2) is 13.2 Å². The Labute approximate surface area is 244 Å². The van der Waals surface area contributed by atoms with Crippen LogP contribution in [0.25, 0.3) is 27.8 Å². The molecule has 0 bridgehead atoms. The van der Waals surface area contributed by atoms with E-state index in [0.717, 1.165) is 68.3 Å². The second kappa shape index (κ2) is 16.0. The van der Waals surface area contributed by atoms with Crippen molar-refractivity contribution in [3.05, 3.63) is 89.3 Å². The highest BCUT2D eigenvalue weighted by molar-refractivity contribution is 5.74. The third-order valence-corrected chi connectivity index (χ3v) is 8.23. The van der Waals surface area contributed by atoms with Crippen LogP contribution in [0.1, 0.15) is 102 Å². The maximum absolute atomic E-state index is 15.1. The molecule has 0 spiro atoms. The average Bonchev–Trinajstić information content (AvgIpc) is 3.00. The number of rotatable bonds is 15. The molecule has 0 radical (unpaired) electrons. The van der Waals surface area contributed by atoms with Crippen molar-refractivity contribution in [2.75, 3.05) is 6.61 Å². The number of ether oxygens (including phenoxy) is 1. The van der Waals surface area contributed by atoms with E-state index in [1.54, 1.807) is 30.3 Å². The highest BCUT2D eigenvalue weighted by Gasteiger charge is 2.19. The van der Waals surface area contributed by atoms with Crippen molar-refractivity contribution in [3.63, 3.8) is 0 Å². The summed E-state index contributed by atoms with van der Waals surface area (Å²) < 4.78 is 50.9. The first kappa shape index (κ1) is 31.1. The summed E-state index contributed by atoms with van der Waals surface area (Å²) in [7, 11) is 0. The van der Waals surface area contributed by atoms with E-state index in [9.17, 15) is 4.39 Å². The molecule has 1 unspecified atom stereocenters. The Hall–Kier alpha value is -2.85. The molecule has 0 saturated heterocycles. The van der Waals surface area contributed by atoms with Crippen molar-refractivity contribution in [1.82, 2.24) is 0 Å². The molecule has 220 valence electrons. The monoisotopic (exact) mass is 562 g/mol. The third-order valence-electron chi connectivity index (χ3n) is 8.23. The highest BCUT2D eigenvalue weighted by Crippen LogP contribution is 2.33. The molecule has 1 atom stereocenters. The lowest BCUT2D eigenvalue weighted by atomic mass is 9.90. The Morgan fingerprint density at radius 3 is 2.00 bits per heavy atom. The van der Waals surface area contributed by atoms with Crippen LogP contribution in [0.2, 0.25) is 0 Å². The Balaban J connectivity index is 1.36. The molecule has 0 aromatic heterocycles. The summed E-state index contributed by atoms with van der Waals surface area (Å²) in [6.45, 7) is 5.08. The van der Waals surface area contributed by atoms with Gasteiger partial charge in [-0.3, -0.25) is 0 Å². The van der Waals surface area contributed by atoms with E-state index in [1.807, 2.05) is 24.3 Å². The molecule has 0 aliphatic heterocycles. The van der Waals surface area contributed by atoms with Gasteiger partial charge in [0.1, 0.15) is 5.82 Å². The molecule has 0 N–H and O–H groups in total. The molecule has 3 aromatic carbocycles. The van der Waals surface area contributed by atoms with Gasteiger partial charge in [0.05, 0.1) is 6.10 Å². The fraction of sp³-hybridized carbons (Fsp3) is 0.459. The molecule has 4 heteroatoms. The summed E-state index contributed by atoms with van der Waals surface area (Å²) in [5, 5.41) is 0. The number of hydrogen-bond donors (Lipinski definition) is 0. The minimum atomic E-state index is -0.798. The van der Waals surface area contributed by atoms with Gasteiger partial charge in [-0.2, -0.15) is 0 Å². The van der Waals surface area contributed by atoms with Crippen LogP contribution >= 0.6 is 0 Å². The van der Waals surface area contributed by atoms with Crippen molar-refractivity contribution in [2.24, 2.45) is 0 Å². The van der Waals surface area contributed by atoms with Gasteiger partial charge in [-0.05, 0) is 72.4 Å². The largest absolute Gasteiger partial charge is 0.378 e. The van der Waals surface area contributed by atoms with Gasteiger partial charge in [0.2, 0.25) is 0 Å². The van der Waals surface area contributed by atoms with E-state index in [-0.39, 0.29) is 17.5 Å². The fourth-order valence-corrected chi connectivity index (χ4v) is 5.74. The Morgan fingerprint density at radius 2 is 1.34 bits per heavy atom. The topological polar surface area (TPSA) is 9.23 Å². The number of halogens is 3. The Kier molecular flexibility index (Phi) is 12.1. The molecule has 1 aliphatic carbocycles. The predicted octanol–water partition coefficient (Wildman–Crippen LogP) is 11.5. The standard InChI is InChI=1S/C37H45F3O/c1-3-5-6-7-8-9-10-11-12-30-19-24-34(37(40)36(30)39)29-15-13-27(14-16-29)31-20-23-33(35(38)26-31)28-17-21-32(22-18-28)41-25-4-2/h13-17,19-20,23-24,26,32H,3-12,18,21-22,25H2,1-2H3. The van der Waals surface area contributed by atoms with Gasteiger partial charge in [0.15, 0.2) is 11.6 Å². The van der Waals surface area contributed by atoms with E-state index in [2.05, 4.69) is 19.9 Å². The van der Waals surface area contributed by atoms with Crippen molar-refractivity contribution < 1.29 is 17.9 Å². The molecule has 0 heterocycles. The van der Waals surface area contributed by atoms with Crippen LogP contribution in [0.4, 0.5) is 13.2 Å². The van der Waals surface area contributed by atoms with Gasteiger partial charge >= 0.3 is 0 Å². The molecule has 3 aromatic rings. The smallest absolute Gasteiger partial charge is 0.166 e. The highest BCUT2D eigenvalue weighted by atomic mass is 19.2. The first-order valence-corrected chi connectivity index (χ1v) is 15.7. The lowest BCUT2D eigenvalue weighted by Crippen LogP contribution is -2.16. The number of benzene rings is 3. The van der Waals surface area contributed by atoms with Crippen LogP contribution in [0.5, 0.6) is 0 Å². The summed E-state index contributed by atoms with van der Waals surface area (Å²) in [5.74, 6) is -1.79. The average molecular weight is 563 g/mol. The molecule has 1 aliphatic rings.